The molecule has 1 saturated heterocycles. The molecule has 0 aromatic carbocycles. The van der Waals surface area contributed by atoms with Crippen molar-refractivity contribution in [1.82, 2.24) is 0 Å². The zero-order valence-corrected chi connectivity index (χ0v) is 12.1. The van der Waals surface area contributed by atoms with Crippen LogP contribution in [0.1, 0.15) is 26.7 Å². The van der Waals surface area contributed by atoms with E-state index in [9.17, 15) is 24.9 Å². The van der Waals surface area contributed by atoms with Gasteiger partial charge < -0.3 is 20.1 Å². The number of allylic oxidation sites excluding steroid dienone is 1. The highest BCUT2D eigenvalue weighted by atomic mass is 16.6. The fourth-order valence-electron chi connectivity index (χ4n) is 4.85. The van der Waals surface area contributed by atoms with Gasteiger partial charge in [0.1, 0.15) is 0 Å². The molecule has 0 radical (unpaired) electrons. The summed E-state index contributed by atoms with van der Waals surface area (Å²) in [4.78, 5) is 23.6. The summed E-state index contributed by atoms with van der Waals surface area (Å²) in [5.41, 5.74) is -2.96. The SMILES string of the molecule is CC1(C)C[C@@H]2C=C(C(=O)O)[C@H]3COC(=O)[C@@](O)(CO)[C@]32C1. The van der Waals surface area contributed by atoms with Crippen LogP contribution in [0.3, 0.4) is 0 Å². The number of carboxylic acid groups (broad SMARTS) is 1. The summed E-state index contributed by atoms with van der Waals surface area (Å²) in [5.74, 6) is -2.71. The molecule has 3 aliphatic rings. The molecule has 3 rings (SSSR count). The van der Waals surface area contributed by atoms with Gasteiger partial charge in [0.25, 0.3) is 0 Å². The number of ether oxygens (including phenoxy) is 1. The van der Waals surface area contributed by atoms with Gasteiger partial charge in [-0.2, -0.15) is 0 Å². The molecule has 2 aliphatic carbocycles. The van der Waals surface area contributed by atoms with E-state index in [1.165, 1.54) is 0 Å². The van der Waals surface area contributed by atoms with E-state index in [-0.39, 0.29) is 23.5 Å². The van der Waals surface area contributed by atoms with Gasteiger partial charge in [0.05, 0.1) is 13.2 Å². The summed E-state index contributed by atoms with van der Waals surface area (Å²) in [5, 5.41) is 29.9. The summed E-state index contributed by atoms with van der Waals surface area (Å²) in [7, 11) is 0. The summed E-state index contributed by atoms with van der Waals surface area (Å²) in [6.45, 7) is 3.26. The van der Waals surface area contributed by atoms with Crippen LogP contribution in [0.4, 0.5) is 0 Å². The summed E-state index contributed by atoms with van der Waals surface area (Å²) < 4.78 is 5.00. The van der Waals surface area contributed by atoms with Gasteiger partial charge >= 0.3 is 11.9 Å². The minimum atomic E-state index is -2.04. The Bertz CT molecular complexity index is 550. The van der Waals surface area contributed by atoms with Crippen LogP contribution in [0.25, 0.3) is 0 Å². The Morgan fingerprint density at radius 1 is 1.48 bits per heavy atom. The van der Waals surface area contributed by atoms with Crippen LogP contribution in [0, 0.1) is 22.7 Å². The molecule has 1 aliphatic heterocycles. The van der Waals surface area contributed by atoms with E-state index in [1.54, 1.807) is 6.08 Å². The number of aliphatic hydroxyl groups excluding tert-OH is 1. The van der Waals surface area contributed by atoms with Crippen molar-refractivity contribution < 1.29 is 29.6 Å². The van der Waals surface area contributed by atoms with E-state index in [4.69, 9.17) is 4.74 Å². The van der Waals surface area contributed by atoms with Crippen LogP contribution >= 0.6 is 0 Å². The van der Waals surface area contributed by atoms with E-state index in [0.29, 0.717) is 12.8 Å². The average Bonchev–Trinajstić information content (AvgIpc) is 2.82. The second-order valence-electron chi connectivity index (χ2n) is 7.29. The van der Waals surface area contributed by atoms with Gasteiger partial charge in [0, 0.05) is 16.9 Å². The fraction of sp³-hybridized carbons (Fsp3) is 0.733. The second-order valence-corrected chi connectivity index (χ2v) is 7.29. The topological polar surface area (TPSA) is 104 Å². The average molecular weight is 296 g/mol. The van der Waals surface area contributed by atoms with E-state index >= 15 is 0 Å². The number of hydrogen-bond acceptors (Lipinski definition) is 5. The number of rotatable bonds is 2. The summed E-state index contributed by atoms with van der Waals surface area (Å²) >= 11 is 0. The lowest BCUT2D eigenvalue weighted by Gasteiger charge is -2.50. The van der Waals surface area contributed by atoms with Gasteiger partial charge in [0.15, 0.2) is 5.60 Å². The largest absolute Gasteiger partial charge is 0.478 e. The quantitative estimate of drug-likeness (QED) is 0.634. The third kappa shape index (κ3) is 1.60. The Morgan fingerprint density at radius 3 is 2.71 bits per heavy atom. The molecule has 6 nitrogen and oxygen atoms in total. The maximum atomic E-state index is 12.1. The highest BCUT2D eigenvalue weighted by Gasteiger charge is 2.73. The lowest BCUT2D eigenvalue weighted by molar-refractivity contribution is -0.221. The third-order valence-electron chi connectivity index (χ3n) is 5.55. The first-order valence-electron chi connectivity index (χ1n) is 7.13. The lowest BCUT2D eigenvalue weighted by Crippen LogP contribution is -2.65. The number of carbonyl (C=O) groups excluding carboxylic acids is 1. The predicted molar refractivity (Wildman–Crippen MR) is 71.1 cm³/mol. The van der Waals surface area contributed by atoms with Gasteiger partial charge in [-0.1, -0.05) is 19.9 Å². The van der Waals surface area contributed by atoms with Gasteiger partial charge in [-0.25, -0.2) is 9.59 Å². The van der Waals surface area contributed by atoms with Crippen LogP contribution in [0.15, 0.2) is 11.6 Å². The smallest absolute Gasteiger partial charge is 0.341 e. The van der Waals surface area contributed by atoms with Gasteiger partial charge in [-0.3, -0.25) is 0 Å². The molecule has 0 aromatic heterocycles. The Labute approximate surface area is 122 Å². The van der Waals surface area contributed by atoms with Crippen LogP contribution in [-0.2, 0) is 14.3 Å². The molecular formula is C15H20O6. The molecule has 116 valence electrons. The van der Waals surface area contributed by atoms with E-state index < -0.39 is 35.5 Å². The number of esters is 1. The van der Waals surface area contributed by atoms with Crippen molar-refractivity contribution in [3.05, 3.63) is 11.6 Å². The third-order valence-corrected chi connectivity index (χ3v) is 5.55. The molecule has 2 fully saturated rings. The van der Waals surface area contributed by atoms with Crippen molar-refractivity contribution in [3.63, 3.8) is 0 Å². The molecule has 0 amide bonds. The number of aliphatic hydroxyl groups is 2. The molecule has 1 heterocycles. The zero-order valence-electron chi connectivity index (χ0n) is 12.1. The van der Waals surface area contributed by atoms with Crippen LogP contribution in [-0.4, -0.2) is 46.1 Å². The van der Waals surface area contributed by atoms with Crippen molar-refractivity contribution in [3.8, 4) is 0 Å². The Balaban J connectivity index is 2.18. The van der Waals surface area contributed by atoms with Gasteiger partial charge in [0.2, 0.25) is 0 Å². The Morgan fingerprint density at radius 2 is 2.14 bits per heavy atom. The molecule has 0 aromatic rings. The maximum absolute atomic E-state index is 12.1. The van der Waals surface area contributed by atoms with Crippen LogP contribution < -0.4 is 0 Å². The number of aliphatic carboxylic acids is 1. The highest BCUT2D eigenvalue weighted by Crippen LogP contribution is 2.68. The monoisotopic (exact) mass is 296 g/mol. The summed E-state index contributed by atoms with van der Waals surface area (Å²) in [6.07, 6.45) is 2.81. The normalized spacial score (nSPS) is 43.8. The van der Waals surface area contributed by atoms with E-state index in [0.717, 1.165) is 0 Å². The Hall–Kier alpha value is -1.40. The number of cyclic esters (lactones) is 1. The molecule has 6 heteroatoms. The predicted octanol–water partition coefficient (Wildman–Crippen LogP) is 0.330. The maximum Gasteiger partial charge on any atom is 0.341 e. The zero-order chi connectivity index (χ0) is 15.6. The molecule has 4 atom stereocenters. The molecule has 0 bridgehead atoms. The van der Waals surface area contributed by atoms with Gasteiger partial charge in [-0.05, 0) is 24.2 Å². The van der Waals surface area contributed by atoms with Crippen LogP contribution in [0.5, 0.6) is 0 Å². The first-order chi connectivity index (χ1) is 9.68. The minimum absolute atomic E-state index is 0.0497. The fourth-order valence-corrected chi connectivity index (χ4v) is 4.85. The number of carboxylic acids is 1. The second kappa shape index (κ2) is 4.08. The van der Waals surface area contributed by atoms with Gasteiger partial charge in [-0.15, -0.1) is 0 Å². The van der Waals surface area contributed by atoms with E-state index in [1.807, 2.05) is 13.8 Å². The van der Waals surface area contributed by atoms with Crippen molar-refractivity contribution in [2.75, 3.05) is 13.2 Å². The highest BCUT2D eigenvalue weighted by molar-refractivity contribution is 5.91. The van der Waals surface area contributed by atoms with Crippen molar-refractivity contribution in [2.24, 2.45) is 22.7 Å². The van der Waals surface area contributed by atoms with Crippen LogP contribution in [0.2, 0.25) is 0 Å². The molecule has 3 N–H and O–H groups in total. The van der Waals surface area contributed by atoms with Crippen molar-refractivity contribution in [2.45, 2.75) is 32.3 Å². The lowest BCUT2D eigenvalue weighted by atomic mass is 9.58. The van der Waals surface area contributed by atoms with Crippen molar-refractivity contribution >= 4 is 11.9 Å². The Kier molecular flexibility index (Phi) is 2.82. The van der Waals surface area contributed by atoms with E-state index in [2.05, 4.69) is 0 Å². The molecule has 21 heavy (non-hydrogen) atoms. The molecule has 0 unspecified atom stereocenters. The molecule has 1 spiro atoms. The standard InChI is InChI=1S/C15H20O6/c1-13(2)4-8-3-9(11(17)18)10-5-21-12(19)15(20,7-16)14(8,10)6-13/h3,8,10,16,20H,4-7H2,1-2H3,(H,17,18)/t8-,10+,14-,15-/m0/s1. The number of hydrogen-bond donors (Lipinski definition) is 3. The minimum Gasteiger partial charge on any atom is -0.478 e. The molecular weight excluding hydrogens is 276 g/mol. The first-order valence-corrected chi connectivity index (χ1v) is 7.13. The van der Waals surface area contributed by atoms with Crippen molar-refractivity contribution in [1.29, 1.82) is 0 Å². The molecule has 1 saturated carbocycles. The summed E-state index contributed by atoms with van der Waals surface area (Å²) in [6, 6.07) is 0. The first kappa shape index (κ1) is 14.5. The number of carbonyl (C=O) groups is 2.